The van der Waals surface area contributed by atoms with Crippen molar-refractivity contribution in [1.29, 1.82) is 0 Å². The zero-order chi connectivity index (χ0) is 12.6. The second kappa shape index (κ2) is 7.74. The molecule has 0 amide bonds. The Kier molecular flexibility index (Phi) is 7.01. The molecule has 0 aromatic carbocycles. The van der Waals surface area contributed by atoms with E-state index in [1.54, 1.807) is 6.92 Å². The lowest BCUT2D eigenvalue weighted by Gasteiger charge is -2.12. The van der Waals surface area contributed by atoms with Gasteiger partial charge in [0.2, 0.25) is 0 Å². The monoisotopic (exact) mass is 221 g/mol. The standard InChI is InChI=1S/C13H23N3/c1-5-7-8-10(3)9-12(16-6-2)13(15)11(4)14/h5-7,10H,2,8-9,14-15H2,1,3-4H3/b7-5+,13-11?,16-12?. The van der Waals surface area contributed by atoms with E-state index in [4.69, 9.17) is 11.5 Å². The van der Waals surface area contributed by atoms with Crippen LogP contribution in [0.25, 0.3) is 0 Å². The van der Waals surface area contributed by atoms with Gasteiger partial charge in [0.1, 0.15) is 0 Å². The Hall–Kier alpha value is -1.51. The van der Waals surface area contributed by atoms with Crippen molar-refractivity contribution in [2.24, 2.45) is 22.4 Å². The van der Waals surface area contributed by atoms with Crippen molar-refractivity contribution in [3.63, 3.8) is 0 Å². The van der Waals surface area contributed by atoms with E-state index in [0.717, 1.165) is 18.6 Å². The third-order valence-corrected chi connectivity index (χ3v) is 2.30. The minimum Gasteiger partial charge on any atom is -0.401 e. The van der Waals surface area contributed by atoms with Crippen LogP contribution in [-0.2, 0) is 0 Å². The van der Waals surface area contributed by atoms with Gasteiger partial charge in [-0.25, -0.2) is 0 Å². The lowest BCUT2D eigenvalue weighted by atomic mass is 9.98. The molecular weight excluding hydrogens is 198 g/mol. The molecule has 1 atom stereocenters. The third-order valence-electron chi connectivity index (χ3n) is 2.30. The molecule has 4 N–H and O–H groups in total. The largest absolute Gasteiger partial charge is 0.401 e. The molecular formula is C13H23N3. The summed E-state index contributed by atoms with van der Waals surface area (Å²) in [6, 6.07) is 0. The topological polar surface area (TPSA) is 64.4 Å². The number of allylic oxidation sites excluding steroid dienone is 4. The molecule has 90 valence electrons. The van der Waals surface area contributed by atoms with Gasteiger partial charge in [0.15, 0.2) is 0 Å². The quantitative estimate of drug-likeness (QED) is 0.535. The maximum atomic E-state index is 5.88. The Morgan fingerprint density at radius 2 is 2.06 bits per heavy atom. The number of nitrogens with zero attached hydrogens (tertiary/aromatic N) is 1. The van der Waals surface area contributed by atoms with Crippen molar-refractivity contribution in [2.45, 2.75) is 33.6 Å². The summed E-state index contributed by atoms with van der Waals surface area (Å²) in [5, 5.41) is 0. The predicted octanol–water partition coefficient (Wildman–Crippen LogP) is 2.71. The van der Waals surface area contributed by atoms with Gasteiger partial charge >= 0.3 is 0 Å². The number of rotatable bonds is 6. The maximum Gasteiger partial charge on any atom is 0.0720 e. The lowest BCUT2D eigenvalue weighted by molar-refractivity contribution is 0.619. The molecule has 0 fully saturated rings. The Morgan fingerprint density at radius 1 is 1.44 bits per heavy atom. The highest BCUT2D eigenvalue weighted by atomic mass is 14.8. The molecule has 0 heterocycles. The van der Waals surface area contributed by atoms with Crippen molar-refractivity contribution in [3.8, 4) is 0 Å². The van der Waals surface area contributed by atoms with E-state index < -0.39 is 0 Å². The molecule has 0 aliphatic heterocycles. The van der Waals surface area contributed by atoms with E-state index in [1.807, 2.05) is 13.0 Å². The van der Waals surface area contributed by atoms with E-state index in [0.29, 0.717) is 17.3 Å². The molecule has 0 aliphatic carbocycles. The molecule has 3 heteroatoms. The van der Waals surface area contributed by atoms with Crippen LogP contribution in [0.3, 0.4) is 0 Å². The number of hydrogen-bond acceptors (Lipinski definition) is 3. The van der Waals surface area contributed by atoms with Crippen LogP contribution < -0.4 is 11.5 Å². The molecule has 0 aromatic heterocycles. The van der Waals surface area contributed by atoms with E-state index >= 15 is 0 Å². The van der Waals surface area contributed by atoms with Gasteiger partial charge in [-0.15, -0.1) is 0 Å². The first kappa shape index (κ1) is 14.5. The van der Waals surface area contributed by atoms with E-state index in [2.05, 4.69) is 24.6 Å². The molecule has 16 heavy (non-hydrogen) atoms. The number of aliphatic imine (C=N–C) groups is 1. The normalized spacial score (nSPS) is 16.1. The molecule has 0 saturated carbocycles. The van der Waals surface area contributed by atoms with Gasteiger partial charge in [0.25, 0.3) is 0 Å². The number of hydrogen-bond donors (Lipinski definition) is 2. The van der Waals surface area contributed by atoms with Crippen LogP contribution in [0, 0.1) is 5.92 Å². The maximum absolute atomic E-state index is 5.88. The lowest BCUT2D eigenvalue weighted by Crippen LogP contribution is -2.19. The van der Waals surface area contributed by atoms with Crippen LogP contribution in [0.2, 0.25) is 0 Å². The first-order chi connectivity index (χ1) is 7.52. The van der Waals surface area contributed by atoms with Gasteiger partial charge in [-0.1, -0.05) is 25.7 Å². The van der Waals surface area contributed by atoms with Gasteiger partial charge in [0, 0.05) is 11.9 Å². The second-order valence-corrected chi connectivity index (χ2v) is 3.97. The summed E-state index contributed by atoms with van der Waals surface area (Å²) in [4.78, 5) is 4.19. The van der Waals surface area contributed by atoms with Crippen molar-refractivity contribution in [3.05, 3.63) is 36.3 Å². The summed E-state index contributed by atoms with van der Waals surface area (Å²) in [6.45, 7) is 9.56. The van der Waals surface area contributed by atoms with Gasteiger partial charge in [-0.05, 0) is 32.6 Å². The summed E-state index contributed by atoms with van der Waals surface area (Å²) in [6.07, 6.45) is 7.54. The zero-order valence-corrected chi connectivity index (χ0v) is 10.5. The van der Waals surface area contributed by atoms with Crippen molar-refractivity contribution in [2.75, 3.05) is 0 Å². The van der Waals surface area contributed by atoms with Gasteiger partial charge in [0.05, 0.1) is 11.4 Å². The molecule has 0 rings (SSSR count). The Balaban J connectivity index is 4.66. The summed E-state index contributed by atoms with van der Waals surface area (Å²) >= 11 is 0. The first-order valence-corrected chi connectivity index (χ1v) is 5.53. The average molecular weight is 221 g/mol. The zero-order valence-electron chi connectivity index (χ0n) is 10.5. The Bertz CT molecular complexity index is 307. The van der Waals surface area contributed by atoms with E-state index in [1.165, 1.54) is 6.20 Å². The van der Waals surface area contributed by atoms with Crippen LogP contribution in [0.4, 0.5) is 0 Å². The van der Waals surface area contributed by atoms with Crippen LogP contribution in [0.5, 0.6) is 0 Å². The van der Waals surface area contributed by atoms with Crippen LogP contribution in [0.15, 0.2) is 41.3 Å². The fourth-order valence-corrected chi connectivity index (χ4v) is 1.35. The smallest absolute Gasteiger partial charge is 0.0720 e. The summed E-state index contributed by atoms with van der Waals surface area (Å²) in [7, 11) is 0. The molecule has 0 saturated heterocycles. The Labute approximate surface area is 98.6 Å². The van der Waals surface area contributed by atoms with E-state index in [-0.39, 0.29) is 0 Å². The first-order valence-electron chi connectivity index (χ1n) is 5.53. The average Bonchev–Trinajstić information content (AvgIpc) is 2.24. The fraction of sp³-hybridized carbons (Fsp3) is 0.462. The Morgan fingerprint density at radius 3 is 2.50 bits per heavy atom. The molecule has 0 bridgehead atoms. The minimum atomic E-state index is 0.493. The number of nitrogens with two attached hydrogens (primary N) is 2. The fourth-order valence-electron chi connectivity index (χ4n) is 1.35. The van der Waals surface area contributed by atoms with Gasteiger partial charge in [-0.2, -0.15) is 0 Å². The van der Waals surface area contributed by atoms with Crippen LogP contribution >= 0.6 is 0 Å². The highest BCUT2D eigenvalue weighted by Gasteiger charge is 2.09. The summed E-state index contributed by atoms with van der Waals surface area (Å²) < 4.78 is 0. The van der Waals surface area contributed by atoms with Crippen molar-refractivity contribution in [1.82, 2.24) is 0 Å². The van der Waals surface area contributed by atoms with Crippen LogP contribution in [0.1, 0.15) is 33.6 Å². The van der Waals surface area contributed by atoms with E-state index in [9.17, 15) is 0 Å². The summed E-state index contributed by atoms with van der Waals surface area (Å²) in [5.41, 5.74) is 13.6. The SMILES string of the molecule is C=CN=C(CC(C)C/C=C/C)C(N)=C(C)N. The predicted molar refractivity (Wildman–Crippen MR) is 71.9 cm³/mol. The second-order valence-electron chi connectivity index (χ2n) is 3.97. The van der Waals surface area contributed by atoms with Gasteiger partial charge < -0.3 is 11.5 Å². The molecule has 0 radical (unpaired) electrons. The van der Waals surface area contributed by atoms with Crippen molar-refractivity contribution < 1.29 is 0 Å². The molecule has 0 spiro atoms. The van der Waals surface area contributed by atoms with Crippen molar-refractivity contribution >= 4 is 5.71 Å². The molecule has 0 aromatic rings. The minimum absolute atomic E-state index is 0.493. The highest BCUT2D eigenvalue weighted by molar-refractivity contribution is 6.00. The molecule has 3 nitrogen and oxygen atoms in total. The van der Waals surface area contributed by atoms with Crippen LogP contribution in [-0.4, -0.2) is 5.71 Å². The summed E-state index contributed by atoms with van der Waals surface area (Å²) in [5.74, 6) is 0.493. The highest BCUT2D eigenvalue weighted by Crippen LogP contribution is 2.13. The van der Waals surface area contributed by atoms with Gasteiger partial charge in [-0.3, -0.25) is 4.99 Å². The third kappa shape index (κ3) is 5.39. The molecule has 1 unspecified atom stereocenters. The molecule has 0 aliphatic rings.